The molecular formula is C13H17O4P. The van der Waals surface area contributed by atoms with E-state index in [9.17, 15) is 9.46 Å². The first kappa shape index (κ1) is 12.4. The lowest BCUT2D eigenvalue weighted by atomic mass is 9.78. The van der Waals surface area contributed by atoms with Crippen LogP contribution in [0.15, 0.2) is 30.3 Å². The van der Waals surface area contributed by atoms with Gasteiger partial charge in [-0.1, -0.05) is 43.2 Å². The van der Waals surface area contributed by atoms with E-state index in [-0.39, 0.29) is 11.5 Å². The lowest BCUT2D eigenvalue weighted by Crippen LogP contribution is -2.36. The molecule has 1 N–H and O–H groups in total. The largest absolute Gasteiger partial charge is 0.472 e. The SMILES string of the molecule is O=P1(O)OCC2(CCCC2)[C@@H](c2ccccc2)O1. The van der Waals surface area contributed by atoms with Crippen LogP contribution in [0, 0.1) is 5.41 Å². The van der Waals surface area contributed by atoms with Crippen LogP contribution in [0.3, 0.4) is 0 Å². The molecule has 3 rings (SSSR count). The standard InChI is InChI=1S/C13H17O4P/c14-18(15)16-10-13(8-4-5-9-13)12(17-18)11-6-2-1-3-7-11/h1-3,6-7,12H,4-5,8-10H2,(H,14,15)/t12-/m1/s1. The van der Waals surface area contributed by atoms with E-state index in [4.69, 9.17) is 9.05 Å². The second-order valence-electron chi connectivity index (χ2n) is 5.21. The van der Waals surface area contributed by atoms with Gasteiger partial charge in [0.25, 0.3) is 0 Å². The van der Waals surface area contributed by atoms with Gasteiger partial charge in [-0.15, -0.1) is 0 Å². The Morgan fingerprint density at radius 3 is 2.56 bits per heavy atom. The normalized spacial score (nSPS) is 34.8. The second kappa shape index (κ2) is 4.46. The van der Waals surface area contributed by atoms with Crippen molar-refractivity contribution in [2.24, 2.45) is 5.41 Å². The molecule has 0 bridgehead atoms. The van der Waals surface area contributed by atoms with Gasteiger partial charge in [0.2, 0.25) is 0 Å². The fourth-order valence-corrected chi connectivity index (χ4v) is 4.18. The summed E-state index contributed by atoms with van der Waals surface area (Å²) in [6.07, 6.45) is 3.92. The van der Waals surface area contributed by atoms with Gasteiger partial charge in [0.15, 0.2) is 0 Å². The first-order chi connectivity index (χ1) is 8.61. The van der Waals surface area contributed by atoms with E-state index in [0.29, 0.717) is 6.61 Å². The van der Waals surface area contributed by atoms with Crippen LogP contribution in [-0.2, 0) is 13.6 Å². The van der Waals surface area contributed by atoms with Crippen LogP contribution >= 0.6 is 7.82 Å². The van der Waals surface area contributed by atoms with Gasteiger partial charge in [-0.3, -0.25) is 9.05 Å². The molecule has 0 aromatic heterocycles. The lowest BCUT2D eigenvalue weighted by molar-refractivity contribution is -0.0635. The molecule has 18 heavy (non-hydrogen) atoms. The topological polar surface area (TPSA) is 55.8 Å². The lowest BCUT2D eigenvalue weighted by Gasteiger charge is -2.42. The summed E-state index contributed by atoms with van der Waals surface area (Å²) in [4.78, 5) is 9.56. The average Bonchev–Trinajstić information content (AvgIpc) is 2.84. The van der Waals surface area contributed by atoms with Gasteiger partial charge in [0.1, 0.15) is 6.10 Å². The van der Waals surface area contributed by atoms with Crippen molar-refractivity contribution in [3.63, 3.8) is 0 Å². The number of rotatable bonds is 1. The Labute approximate surface area is 107 Å². The van der Waals surface area contributed by atoms with Gasteiger partial charge in [0.05, 0.1) is 6.61 Å². The molecule has 98 valence electrons. The van der Waals surface area contributed by atoms with Crippen molar-refractivity contribution in [2.45, 2.75) is 31.8 Å². The Morgan fingerprint density at radius 1 is 1.22 bits per heavy atom. The predicted molar refractivity (Wildman–Crippen MR) is 66.9 cm³/mol. The Hall–Kier alpha value is -0.670. The molecule has 0 radical (unpaired) electrons. The molecule has 2 atom stereocenters. The zero-order valence-corrected chi connectivity index (χ0v) is 11.0. The third-order valence-electron chi connectivity index (χ3n) is 4.01. The van der Waals surface area contributed by atoms with E-state index in [2.05, 4.69) is 0 Å². The summed E-state index contributed by atoms with van der Waals surface area (Å²) in [7, 11) is -3.89. The van der Waals surface area contributed by atoms with E-state index < -0.39 is 7.82 Å². The highest BCUT2D eigenvalue weighted by atomic mass is 31.2. The van der Waals surface area contributed by atoms with Crippen LogP contribution in [0.4, 0.5) is 0 Å². The zero-order chi connectivity index (χ0) is 12.6. The number of phosphoric acid groups is 1. The van der Waals surface area contributed by atoms with Crippen LogP contribution in [0.2, 0.25) is 0 Å². The maximum absolute atomic E-state index is 11.7. The van der Waals surface area contributed by atoms with Crippen molar-refractivity contribution in [1.82, 2.24) is 0 Å². The molecule has 1 unspecified atom stereocenters. The molecule has 1 saturated heterocycles. The summed E-state index contributed by atoms with van der Waals surface area (Å²) in [5.74, 6) is 0. The number of phosphoric ester groups is 1. The van der Waals surface area contributed by atoms with Crippen LogP contribution < -0.4 is 0 Å². The van der Waals surface area contributed by atoms with E-state index in [0.717, 1.165) is 31.2 Å². The summed E-state index contributed by atoms with van der Waals surface area (Å²) in [6, 6.07) is 9.70. The maximum Gasteiger partial charge on any atom is 0.472 e. The van der Waals surface area contributed by atoms with Crippen LogP contribution in [0.25, 0.3) is 0 Å². The monoisotopic (exact) mass is 268 g/mol. The van der Waals surface area contributed by atoms with Crippen LogP contribution in [0.5, 0.6) is 0 Å². The summed E-state index contributed by atoms with van der Waals surface area (Å²) in [5, 5.41) is 0. The summed E-state index contributed by atoms with van der Waals surface area (Å²) in [6.45, 7) is 0.320. The molecule has 0 amide bonds. The fourth-order valence-electron chi connectivity index (χ4n) is 3.09. The highest BCUT2D eigenvalue weighted by molar-refractivity contribution is 7.47. The van der Waals surface area contributed by atoms with Crippen molar-refractivity contribution in [1.29, 1.82) is 0 Å². The molecule has 1 spiro atoms. The average molecular weight is 268 g/mol. The second-order valence-corrected chi connectivity index (χ2v) is 6.61. The summed E-state index contributed by atoms with van der Waals surface area (Å²) in [5.41, 5.74) is 0.842. The van der Waals surface area contributed by atoms with Gasteiger partial charge < -0.3 is 4.89 Å². The Kier molecular flexibility index (Phi) is 3.07. The predicted octanol–water partition coefficient (Wildman–Crippen LogP) is 3.44. The van der Waals surface area contributed by atoms with Gasteiger partial charge in [-0.25, -0.2) is 4.57 Å². The molecule has 5 heteroatoms. The van der Waals surface area contributed by atoms with E-state index in [1.807, 2.05) is 30.3 Å². The van der Waals surface area contributed by atoms with Gasteiger partial charge >= 0.3 is 7.82 Å². The molecule has 1 aromatic rings. The number of benzene rings is 1. The van der Waals surface area contributed by atoms with Gasteiger partial charge in [0, 0.05) is 5.41 Å². The maximum atomic E-state index is 11.7. The number of hydrogen-bond acceptors (Lipinski definition) is 3. The minimum absolute atomic E-state index is 0.127. The Morgan fingerprint density at radius 2 is 1.89 bits per heavy atom. The fraction of sp³-hybridized carbons (Fsp3) is 0.538. The molecule has 2 fully saturated rings. The molecule has 2 aliphatic rings. The van der Waals surface area contributed by atoms with Crippen molar-refractivity contribution in [3.8, 4) is 0 Å². The minimum Gasteiger partial charge on any atom is -0.302 e. The molecule has 1 heterocycles. The van der Waals surface area contributed by atoms with Gasteiger partial charge in [-0.05, 0) is 18.4 Å². The molecule has 1 aliphatic carbocycles. The molecule has 1 saturated carbocycles. The van der Waals surface area contributed by atoms with E-state index >= 15 is 0 Å². The smallest absolute Gasteiger partial charge is 0.302 e. The highest BCUT2D eigenvalue weighted by Gasteiger charge is 2.51. The third-order valence-corrected chi connectivity index (χ3v) is 4.94. The summed E-state index contributed by atoms with van der Waals surface area (Å²) >= 11 is 0. The van der Waals surface area contributed by atoms with Crippen LogP contribution in [-0.4, -0.2) is 11.5 Å². The molecular weight excluding hydrogens is 251 g/mol. The van der Waals surface area contributed by atoms with Crippen molar-refractivity contribution >= 4 is 7.82 Å². The molecule has 1 aliphatic heterocycles. The highest BCUT2D eigenvalue weighted by Crippen LogP contribution is 2.62. The van der Waals surface area contributed by atoms with E-state index in [1.165, 1.54) is 0 Å². The Bertz CT molecular complexity index is 467. The first-order valence-corrected chi connectivity index (χ1v) is 7.82. The van der Waals surface area contributed by atoms with E-state index in [1.54, 1.807) is 0 Å². The van der Waals surface area contributed by atoms with Crippen molar-refractivity contribution in [3.05, 3.63) is 35.9 Å². The molecule has 1 aromatic carbocycles. The van der Waals surface area contributed by atoms with Crippen molar-refractivity contribution in [2.75, 3.05) is 6.61 Å². The summed E-state index contributed by atoms with van der Waals surface area (Å²) < 4.78 is 22.1. The third kappa shape index (κ3) is 2.14. The minimum atomic E-state index is -3.89. The Balaban J connectivity index is 1.97. The molecule has 4 nitrogen and oxygen atoms in total. The van der Waals surface area contributed by atoms with Crippen LogP contribution in [0.1, 0.15) is 37.4 Å². The van der Waals surface area contributed by atoms with Crippen molar-refractivity contribution < 1.29 is 18.5 Å². The number of hydrogen-bond donors (Lipinski definition) is 1. The first-order valence-electron chi connectivity index (χ1n) is 6.32. The quantitative estimate of drug-likeness (QED) is 0.793. The zero-order valence-electron chi connectivity index (χ0n) is 10.1. The van der Waals surface area contributed by atoms with Gasteiger partial charge in [-0.2, -0.15) is 0 Å².